The predicted molar refractivity (Wildman–Crippen MR) is 78.8 cm³/mol. The van der Waals surface area contributed by atoms with E-state index in [1.54, 1.807) is 12.4 Å². The molecule has 1 aromatic rings. The third-order valence-corrected chi connectivity index (χ3v) is 3.41. The molecule has 2 heterocycles. The summed E-state index contributed by atoms with van der Waals surface area (Å²) < 4.78 is 0. The molecule has 0 aliphatic carbocycles. The van der Waals surface area contributed by atoms with E-state index in [-0.39, 0.29) is 5.91 Å². The third-order valence-electron chi connectivity index (χ3n) is 3.41. The van der Waals surface area contributed by atoms with E-state index in [0.717, 1.165) is 45.7 Å². The lowest BCUT2D eigenvalue weighted by Crippen LogP contribution is -2.49. The molecule has 1 aliphatic rings. The first-order valence-corrected chi connectivity index (χ1v) is 7.32. The molecule has 0 saturated carbocycles. The number of hydrogen-bond acceptors (Lipinski definition) is 5. The summed E-state index contributed by atoms with van der Waals surface area (Å²) in [5.41, 5.74) is 0.424. The van der Waals surface area contributed by atoms with E-state index in [9.17, 15) is 4.79 Å². The van der Waals surface area contributed by atoms with Gasteiger partial charge in [-0.2, -0.15) is 0 Å². The maximum Gasteiger partial charge on any atom is 0.274 e. The van der Waals surface area contributed by atoms with Crippen LogP contribution in [0.15, 0.2) is 12.4 Å². The average molecular weight is 277 g/mol. The van der Waals surface area contributed by atoms with Gasteiger partial charge in [0.05, 0.1) is 12.4 Å². The Morgan fingerprint density at radius 2 is 2.00 bits per heavy atom. The molecule has 0 aromatic carbocycles. The number of rotatable bonds is 5. The van der Waals surface area contributed by atoms with Crippen molar-refractivity contribution in [2.45, 2.75) is 20.3 Å². The van der Waals surface area contributed by atoms with Crippen LogP contribution in [0.2, 0.25) is 0 Å². The summed E-state index contributed by atoms with van der Waals surface area (Å²) in [6.07, 6.45) is 4.34. The van der Waals surface area contributed by atoms with Crippen LogP contribution in [0.3, 0.4) is 0 Å². The van der Waals surface area contributed by atoms with E-state index in [1.807, 2.05) is 11.8 Å². The van der Waals surface area contributed by atoms with Gasteiger partial charge < -0.3 is 10.2 Å². The van der Waals surface area contributed by atoms with Crippen molar-refractivity contribution in [3.8, 4) is 0 Å². The van der Waals surface area contributed by atoms with Crippen molar-refractivity contribution in [2.24, 2.45) is 0 Å². The molecule has 1 amide bonds. The highest BCUT2D eigenvalue weighted by atomic mass is 16.2. The number of aromatic nitrogens is 2. The number of carbonyl (C=O) groups excluding carboxylic acids is 1. The molecule has 0 unspecified atom stereocenters. The Bertz CT molecular complexity index is 443. The molecule has 20 heavy (non-hydrogen) atoms. The highest BCUT2D eigenvalue weighted by molar-refractivity contribution is 5.92. The molecule has 1 N–H and O–H groups in total. The third kappa shape index (κ3) is 3.66. The lowest BCUT2D eigenvalue weighted by Gasteiger charge is -2.34. The van der Waals surface area contributed by atoms with Crippen LogP contribution in [-0.2, 0) is 0 Å². The molecule has 6 nitrogen and oxygen atoms in total. The van der Waals surface area contributed by atoms with Crippen LogP contribution in [0.25, 0.3) is 0 Å². The van der Waals surface area contributed by atoms with E-state index in [4.69, 9.17) is 0 Å². The summed E-state index contributed by atoms with van der Waals surface area (Å²) in [5.74, 6) is 0.636. The second-order valence-corrected chi connectivity index (χ2v) is 4.95. The molecule has 1 aliphatic heterocycles. The molecule has 0 atom stereocenters. The van der Waals surface area contributed by atoms with Crippen molar-refractivity contribution in [3.05, 3.63) is 18.1 Å². The summed E-state index contributed by atoms with van der Waals surface area (Å²) in [4.78, 5) is 25.1. The first-order valence-electron chi connectivity index (χ1n) is 7.32. The molecular weight excluding hydrogens is 254 g/mol. The van der Waals surface area contributed by atoms with Crippen molar-refractivity contribution >= 4 is 11.7 Å². The van der Waals surface area contributed by atoms with Crippen molar-refractivity contribution in [1.29, 1.82) is 0 Å². The Hall–Kier alpha value is -1.69. The van der Waals surface area contributed by atoms with Crippen LogP contribution in [-0.4, -0.2) is 64.9 Å². The van der Waals surface area contributed by atoms with Crippen LogP contribution in [0.1, 0.15) is 30.8 Å². The Kier molecular flexibility index (Phi) is 5.29. The normalized spacial score (nSPS) is 16.2. The van der Waals surface area contributed by atoms with E-state index in [0.29, 0.717) is 11.5 Å². The van der Waals surface area contributed by atoms with Gasteiger partial charge in [-0.3, -0.25) is 14.7 Å². The first-order chi connectivity index (χ1) is 9.74. The molecule has 0 spiro atoms. The van der Waals surface area contributed by atoms with Gasteiger partial charge in [0.2, 0.25) is 0 Å². The standard InChI is InChI=1S/C14H23N5O/c1-3-5-18-6-8-19(9-7-18)14(20)12-10-15-11-13(17-12)16-4-2/h10-11H,3-9H2,1-2H3,(H,16,17). The fraction of sp³-hybridized carbons (Fsp3) is 0.643. The first kappa shape index (κ1) is 14.7. The van der Waals surface area contributed by atoms with Gasteiger partial charge in [0, 0.05) is 32.7 Å². The van der Waals surface area contributed by atoms with Gasteiger partial charge in [-0.1, -0.05) is 6.92 Å². The molecule has 1 aromatic heterocycles. The van der Waals surface area contributed by atoms with Gasteiger partial charge >= 0.3 is 0 Å². The molecule has 1 fully saturated rings. The highest BCUT2D eigenvalue weighted by Crippen LogP contribution is 2.09. The van der Waals surface area contributed by atoms with Crippen LogP contribution < -0.4 is 5.32 Å². The monoisotopic (exact) mass is 277 g/mol. The second kappa shape index (κ2) is 7.19. The van der Waals surface area contributed by atoms with Gasteiger partial charge in [0.15, 0.2) is 0 Å². The van der Waals surface area contributed by atoms with Crippen molar-refractivity contribution in [3.63, 3.8) is 0 Å². The molecular formula is C14H23N5O. The highest BCUT2D eigenvalue weighted by Gasteiger charge is 2.22. The number of anilines is 1. The van der Waals surface area contributed by atoms with Gasteiger partial charge in [-0.25, -0.2) is 4.98 Å². The number of nitrogens with zero attached hydrogens (tertiary/aromatic N) is 4. The summed E-state index contributed by atoms with van der Waals surface area (Å²) in [6.45, 7) is 9.47. The number of nitrogens with one attached hydrogen (secondary N) is 1. The topological polar surface area (TPSA) is 61.4 Å². The zero-order chi connectivity index (χ0) is 14.4. The van der Waals surface area contributed by atoms with Crippen LogP contribution in [0, 0.1) is 0 Å². The SMILES string of the molecule is CCCN1CCN(C(=O)c2cncc(NCC)n2)CC1. The Balaban J connectivity index is 1.96. The lowest BCUT2D eigenvalue weighted by molar-refractivity contribution is 0.0631. The Morgan fingerprint density at radius 1 is 1.25 bits per heavy atom. The van der Waals surface area contributed by atoms with Crippen molar-refractivity contribution in [1.82, 2.24) is 19.8 Å². The average Bonchev–Trinajstić information content (AvgIpc) is 2.48. The molecule has 2 rings (SSSR count). The summed E-state index contributed by atoms with van der Waals surface area (Å²) >= 11 is 0. The molecule has 0 radical (unpaired) electrons. The second-order valence-electron chi connectivity index (χ2n) is 4.95. The minimum Gasteiger partial charge on any atom is -0.369 e. The quantitative estimate of drug-likeness (QED) is 0.872. The zero-order valence-corrected chi connectivity index (χ0v) is 12.3. The number of carbonyl (C=O) groups is 1. The summed E-state index contributed by atoms with van der Waals surface area (Å²) in [7, 11) is 0. The number of piperazine rings is 1. The molecule has 0 bridgehead atoms. The van der Waals surface area contributed by atoms with Crippen LogP contribution in [0.4, 0.5) is 5.82 Å². The molecule has 1 saturated heterocycles. The zero-order valence-electron chi connectivity index (χ0n) is 12.3. The van der Waals surface area contributed by atoms with Crippen LogP contribution >= 0.6 is 0 Å². The van der Waals surface area contributed by atoms with Gasteiger partial charge in [0.25, 0.3) is 5.91 Å². The van der Waals surface area contributed by atoms with E-state index in [2.05, 4.69) is 27.1 Å². The molecule has 6 heteroatoms. The summed E-state index contributed by atoms with van der Waals surface area (Å²) in [6, 6.07) is 0. The fourth-order valence-electron chi connectivity index (χ4n) is 2.39. The van der Waals surface area contributed by atoms with E-state index >= 15 is 0 Å². The van der Waals surface area contributed by atoms with Gasteiger partial charge in [-0.05, 0) is 19.9 Å². The number of amides is 1. The maximum atomic E-state index is 12.4. The van der Waals surface area contributed by atoms with Gasteiger partial charge in [-0.15, -0.1) is 0 Å². The number of hydrogen-bond donors (Lipinski definition) is 1. The van der Waals surface area contributed by atoms with Crippen LogP contribution in [0.5, 0.6) is 0 Å². The summed E-state index contributed by atoms with van der Waals surface area (Å²) in [5, 5.41) is 3.08. The predicted octanol–water partition coefficient (Wildman–Crippen LogP) is 1.08. The van der Waals surface area contributed by atoms with Crippen molar-refractivity contribution < 1.29 is 4.79 Å². The lowest BCUT2D eigenvalue weighted by atomic mass is 10.2. The Labute approximate surface area is 120 Å². The molecule has 110 valence electrons. The van der Waals surface area contributed by atoms with Crippen molar-refractivity contribution in [2.75, 3.05) is 44.6 Å². The van der Waals surface area contributed by atoms with Gasteiger partial charge in [0.1, 0.15) is 11.5 Å². The Morgan fingerprint density at radius 3 is 2.65 bits per heavy atom. The smallest absolute Gasteiger partial charge is 0.274 e. The van der Waals surface area contributed by atoms with E-state index < -0.39 is 0 Å². The minimum atomic E-state index is -0.0200. The minimum absolute atomic E-state index is 0.0200. The fourth-order valence-corrected chi connectivity index (χ4v) is 2.39. The van der Waals surface area contributed by atoms with E-state index in [1.165, 1.54) is 0 Å². The maximum absolute atomic E-state index is 12.4. The largest absolute Gasteiger partial charge is 0.369 e.